The first-order valence-corrected chi connectivity index (χ1v) is 9.82. The van der Waals surface area contributed by atoms with Gasteiger partial charge in [-0.05, 0) is 69.5 Å². The van der Waals surface area contributed by atoms with Crippen molar-refractivity contribution in [2.75, 3.05) is 20.1 Å². The van der Waals surface area contributed by atoms with Crippen LogP contribution in [0.25, 0.3) is 0 Å². The lowest BCUT2D eigenvalue weighted by Gasteiger charge is -2.44. The molecule has 1 aromatic rings. The molecule has 126 valence electrons. The number of carbonyl (C=O) groups excluding carboxylic acids is 1. The van der Waals surface area contributed by atoms with E-state index in [2.05, 4.69) is 20.8 Å². The lowest BCUT2D eigenvalue weighted by molar-refractivity contribution is 0.0505. The Morgan fingerprint density at radius 3 is 2.52 bits per heavy atom. The highest BCUT2D eigenvalue weighted by molar-refractivity contribution is 9.10. The van der Waals surface area contributed by atoms with Gasteiger partial charge in [0.2, 0.25) is 0 Å². The van der Waals surface area contributed by atoms with E-state index < -0.39 is 0 Å². The number of rotatable bonds is 3. The summed E-state index contributed by atoms with van der Waals surface area (Å²) in [5, 5.41) is 0.466. The summed E-state index contributed by atoms with van der Waals surface area (Å²) in [7, 11) is 1.97. The maximum absolute atomic E-state index is 12.9. The minimum absolute atomic E-state index is 0.129. The van der Waals surface area contributed by atoms with E-state index in [4.69, 9.17) is 12.6 Å². The number of likely N-dealkylation sites (N-methyl/N-ethyl adjacent to an activating group) is 1. The average molecular weight is 397 g/mol. The van der Waals surface area contributed by atoms with Gasteiger partial charge in [-0.3, -0.25) is 9.69 Å². The van der Waals surface area contributed by atoms with Crippen molar-refractivity contribution in [2.24, 2.45) is 0 Å². The van der Waals surface area contributed by atoms with Crippen LogP contribution in [0.15, 0.2) is 28.7 Å². The molecule has 1 saturated carbocycles. The van der Waals surface area contributed by atoms with Crippen LogP contribution in [0, 0.1) is 0 Å². The molecule has 1 aromatic carbocycles. The lowest BCUT2D eigenvalue weighted by atomic mass is 9.87. The molecule has 5 heteroatoms. The van der Waals surface area contributed by atoms with Gasteiger partial charge in [-0.2, -0.15) is 12.6 Å². The third-order valence-corrected chi connectivity index (χ3v) is 6.27. The first-order chi connectivity index (χ1) is 11.1. The molecule has 2 fully saturated rings. The van der Waals surface area contributed by atoms with Crippen molar-refractivity contribution in [3.8, 4) is 0 Å². The molecule has 0 bridgehead atoms. The molecule has 0 radical (unpaired) electrons. The Labute approximate surface area is 153 Å². The number of halogens is 1. The number of benzene rings is 1. The normalized spacial score (nSPS) is 28.7. The van der Waals surface area contributed by atoms with E-state index in [1.54, 1.807) is 0 Å². The van der Waals surface area contributed by atoms with Crippen molar-refractivity contribution >= 4 is 34.5 Å². The molecule has 2 aliphatic rings. The smallest absolute Gasteiger partial charge is 0.253 e. The predicted octanol–water partition coefficient (Wildman–Crippen LogP) is 3.84. The van der Waals surface area contributed by atoms with E-state index in [1.165, 1.54) is 25.9 Å². The molecule has 0 aromatic heterocycles. The standard InChI is InChI=1S/C18H25BrN2OS/c1-20(18(22)13-4-6-14(19)7-5-13)16-9-8-15(23)12-17(16)21-10-2-3-11-21/h4-7,15-17,23H,2-3,8-12H2,1H3. The summed E-state index contributed by atoms with van der Waals surface area (Å²) in [6.45, 7) is 2.34. The Kier molecular flexibility index (Phi) is 5.70. The van der Waals surface area contributed by atoms with Gasteiger partial charge in [0.05, 0.1) is 0 Å². The third-order valence-electron chi connectivity index (χ3n) is 5.27. The SMILES string of the molecule is CN(C(=O)c1ccc(Br)cc1)C1CCC(S)CC1N1CCCC1. The Bertz CT molecular complexity index is 544. The van der Waals surface area contributed by atoms with Gasteiger partial charge < -0.3 is 4.90 Å². The zero-order chi connectivity index (χ0) is 16.4. The van der Waals surface area contributed by atoms with Crippen LogP contribution in [0.2, 0.25) is 0 Å². The number of hydrogen-bond acceptors (Lipinski definition) is 3. The van der Waals surface area contributed by atoms with Gasteiger partial charge >= 0.3 is 0 Å². The van der Waals surface area contributed by atoms with E-state index in [9.17, 15) is 4.79 Å². The third kappa shape index (κ3) is 3.94. The Hall–Kier alpha value is -0.520. The topological polar surface area (TPSA) is 23.6 Å². The maximum Gasteiger partial charge on any atom is 0.253 e. The molecular weight excluding hydrogens is 372 g/mol. The van der Waals surface area contributed by atoms with Gasteiger partial charge in [0.15, 0.2) is 0 Å². The molecule has 3 unspecified atom stereocenters. The van der Waals surface area contributed by atoms with Crippen LogP contribution in [0.1, 0.15) is 42.5 Å². The van der Waals surface area contributed by atoms with Gasteiger partial charge in [-0.1, -0.05) is 15.9 Å². The molecule has 3 nitrogen and oxygen atoms in total. The van der Waals surface area contributed by atoms with Crippen LogP contribution in [0.4, 0.5) is 0 Å². The molecule has 0 N–H and O–H groups in total. The van der Waals surface area contributed by atoms with Crippen LogP contribution >= 0.6 is 28.6 Å². The van der Waals surface area contributed by atoms with Crippen molar-refractivity contribution in [2.45, 2.75) is 49.4 Å². The number of amides is 1. The second-order valence-electron chi connectivity index (χ2n) is 6.77. The van der Waals surface area contributed by atoms with Crippen LogP contribution in [0.3, 0.4) is 0 Å². The zero-order valence-corrected chi connectivity index (χ0v) is 16.1. The number of carbonyl (C=O) groups is 1. The minimum Gasteiger partial charge on any atom is -0.337 e. The maximum atomic E-state index is 12.9. The summed E-state index contributed by atoms with van der Waals surface area (Å²) in [5.41, 5.74) is 0.767. The molecule has 1 aliphatic carbocycles. The van der Waals surface area contributed by atoms with Crippen molar-refractivity contribution in [3.63, 3.8) is 0 Å². The number of nitrogens with zero attached hydrogens (tertiary/aromatic N) is 2. The van der Waals surface area contributed by atoms with E-state index >= 15 is 0 Å². The second kappa shape index (κ2) is 7.58. The van der Waals surface area contributed by atoms with Crippen molar-refractivity contribution < 1.29 is 4.79 Å². The summed E-state index contributed by atoms with van der Waals surface area (Å²) in [5.74, 6) is 0.129. The Balaban J connectivity index is 1.76. The Morgan fingerprint density at radius 2 is 1.87 bits per heavy atom. The largest absolute Gasteiger partial charge is 0.337 e. The summed E-state index contributed by atoms with van der Waals surface area (Å²) >= 11 is 8.15. The van der Waals surface area contributed by atoms with Crippen molar-refractivity contribution in [1.29, 1.82) is 0 Å². The van der Waals surface area contributed by atoms with Gasteiger partial charge in [0.1, 0.15) is 0 Å². The summed E-state index contributed by atoms with van der Waals surface area (Å²) in [6.07, 6.45) is 5.80. The Morgan fingerprint density at radius 1 is 1.22 bits per heavy atom. The molecule has 23 heavy (non-hydrogen) atoms. The van der Waals surface area contributed by atoms with Crippen LogP contribution in [-0.2, 0) is 0 Å². The first-order valence-electron chi connectivity index (χ1n) is 8.51. The molecule has 3 atom stereocenters. The second-order valence-corrected chi connectivity index (χ2v) is 8.41. The molecule has 1 heterocycles. The van der Waals surface area contributed by atoms with Gasteiger partial charge in [0.25, 0.3) is 5.91 Å². The summed E-state index contributed by atoms with van der Waals surface area (Å²) in [4.78, 5) is 17.4. The average Bonchev–Trinajstić information content (AvgIpc) is 3.08. The van der Waals surface area contributed by atoms with E-state index in [0.717, 1.165) is 29.3 Å². The monoisotopic (exact) mass is 396 g/mol. The van der Waals surface area contributed by atoms with E-state index in [-0.39, 0.29) is 5.91 Å². The highest BCUT2D eigenvalue weighted by Gasteiger charge is 2.38. The molecule has 3 rings (SSSR count). The van der Waals surface area contributed by atoms with Crippen LogP contribution in [0.5, 0.6) is 0 Å². The van der Waals surface area contributed by atoms with E-state index in [0.29, 0.717) is 17.3 Å². The van der Waals surface area contributed by atoms with Crippen LogP contribution in [-0.4, -0.2) is 53.2 Å². The number of thiol groups is 1. The van der Waals surface area contributed by atoms with Gasteiger partial charge in [-0.15, -0.1) is 0 Å². The van der Waals surface area contributed by atoms with Gasteiger partial charge in [0, 0.05) is 34.4 Å². The molecule has 1 saturated heterocycles. The fraction of sp³-hybridized carbons (Fsp3) is 0.611. The fourth-order valence-electron chi connectivity index (χ4n) is 3.97. The van der Waals surface area contributed by atoms with Crippen molar-refractivity contribution in [3.05, 3.63) is 34.3 Å². The number of hydrogen-bond donors (Lipinski definition) is 1. The molecular formula is C18H25BrN2OS. The molecule has 0 spiro atoms. The van der Waals surface area contributed by atoms with E-state index in [1.807, 2.05) is 36.2 Å². The lowest BCUT2D eigenvalue weighted by Crippen LogP contribution is -2.54. The highest BCUT2D eigenvalue weighted by atomic mass is 79.9. The van der Waals surface area contributed by atoms with Crippen LogP contribution < -0.4 is 0 Å². The highest BCUT2D eigenvalue weighted by Crippen LogP contribution is 2.32. The minimum atomic E-state index is 0.129. The van der Waals surface area contributed by atoms with Crippen molar-refractivity contribution in [1.82, 2.24) is 9.80 Å². The first kappa shape index (κ1) is 17.3. The fourth-order valence-corrected chi connectivity index (χ4v) is 4.60. The quantitative estimate of drug-likeness (QED) is 0.784. The number of likely N-dealkylation sites (tertiary alicyclic amines) is 1. The van der Waals surface area contributed by atoms with Gasteiger partial charge in [-0.25, -0.2) is 0 Å². The predicted molar refractivity (Wildman–Crippen MR) is 101 cm³/mol. The zero-order valence-electron chi connectivity index (χ0n) is 13.6. The molecule has 1 amide bonds. The molecule has 1 aliphatic heterocycles. The summed E-state index contributed by atoms with van der Waals surface area (Å²) in [6, 6.07) is 8.43. The summed E-state index contributed by atoms with van der Waals surface area (Å²) < 4.78 is 1.00.